The normalized spacial score (nSPS) is 20.4. The average Bonchev–Trinajstić information content (AvgIpc) is 3.47. The highest BCUT2D eigenvalue weighted by Crippen LogP contribution is 2.47. The first-order valence-electron chi connectivity index (χ1n) is 10.3. The Bertz CT molecular complexity index is 1020. The van der Waals surface area contributed by atoms with Gasteiger partial charge in [0.15, 0.2) is 11.6 Å². The molecule has 0 radical (unpaired) electrons. The van der Waals surface area contributed by atoms with E-state index in [-0.39, 0.29) is 11.4 Å². The van der Waals surface area contributed by atoms with Gasteiger partial charge in [0.1, 0.15) is 5.54 Å². The Hall–Kier alpha value is -3.02. The van der Waals surface area contributed by atoms with Crippen LogP contribution in [0.5, 0.6) is 0 Å². The molecule has 6 heteroatoms. The van der Waals surface area contributed by atoms with Crippen molar-refractivity contribution in [3.63, 3.8) is 0 Å². The number of carbonyl (C=O) groups excluding carboxylic acids is 1. The molecule has 150 valence electrons. The first-order valence-corrected chi connectivity index (χ1v) is 10.3. The van der Waals surface area contributed by atoms with Gasteiger partial charge in [-0.1, -0.05) is 13.8 Å². The molecular formula is C23H26N4O2. The smallest absolute Gasteiger partial charge is 0.289 e. The molecule has 0 saturated carbocycles. The molecule has 1 fully saturated rings. The summed E-state index contributed by atoms with van der Waals surface area (Å²) in [6.07, 6.45) is 7.46. The van der Waals surface area contributed by atoms with Gasteiger partial charge in [-0.15, -0.1) is 0 Å². The van der Waals surface area contributed by atoms with Crippen molar-refractivity contribution in [3.8, 4) is 5.82 Å². The van der Waals surface area contributed by atoms with Gasteiger partial charge in [0.25, 0.3) is 5.91 Å². The first kappa shape index (κ1) is 18.0. The fourth-order valence-electron chi connectivity index (χ4n) is 4.77. The fraction of sp³-hybridized carbons (Fsp3) is 0.391. The van der Waals surface area contributed by atoms with Gasteiger partial charge in [-0.25, -0.2) is 4.98 Å². The summed E-state index contributed by atoms with van der Waals surface area (Å²) in [6, 6.07) is 11.9. The SMILES string of the molecule is CC(C)CCN1c2cccnc2-n2cccc2[C@@]12CCN(C(=O)c1ccco1)C2. The molecule has 5 rings (SSSR count). The van der Waals surface area contributed by atoms with Gasteiger partial charge in [-0.05, 0) is 55.2 Å². The average molecular weight is 390 g/mol. The van der Waals surface area contributed by atoms with Gasteiger partial charge < -0.3 is 18.8 Å². The Morgan fingerprint density at radius 3 is 2.93 bits per heavy atom. The first-order chi connectivity index (χ1) is 14.1. The number of aromatic nitrogens is 2. The standard InChI is InChI=1S/C23H26N4O2/c1-17(2)9-13-27-18-6-3-11-24-21(18)26-12-4-8-20(26)23(27)10-14-25(16-23)22(28)19-7-5-15-29-19/h3-8,11-12,15,17H,9-10,13-14,16H2,1-2H3/t23-/m0/s1. The summed E-state index contributed by atoms with van der Waals surface area (Å²) in [5.74, 6) is 1.94. The molecule has 1 spiro atoms. The summed E-state index contributed by atoms with van der Waals surface area (Å²) in [5, 5.41) is 0. The lowest BCUT2D eigenvalue weighted by molar-refractivity contribution is 0.0750. The van der Waals surface area contributed by atoms with Crippen molar-refractivity contribution in [2.75, 3.05) is 24.5 Å². The number of nitrogens with zero attached hydrogens (tertiary/aromatic N) is 4. The Balaban J connectivity index is 1.58. The summed E-state index contributed by atoms with van der Waals surface area (Å²) < 4.78 is 7.58. The van der Waals surface area contributed by atoms with Crippen LogP contribution < -0.4 is 4.90 Å². The predicted octanol–water partition coefficient (Wildman–Crippen LogP) is 4.07. The zero-order valence-electron chi connectivity index (χ0n) is 16.9. The van der Waals surface area contributed by atoms with Crippen LogP contribution in [-0.2, 0) is 5.54 Å². The van der Waals surface area contributed by atoms with Crippen LogP contribution in [0.25, 0.3) is 5.82 Å². The number of hydrogen-bond donors (Lipinski definition) is 0. The van der Waals surface area contributed by atoms with Crippen molar-refractivity contribution in [2.45, 2.75) is 32.2 Å². The van der Waals surface area contributed by atoms with Crippen LogP contribution in [-0.4, -0.2) is 40.0 Å². The molecule has 3 aromatic heterocycles. The van der Waals surface area contributed by atoms with Crippen LogP contribution in [0.2, 0.25) is 0 Å². The molecule has 1 atom stereocenters. The third kappa shape index (κ3) is 2.77. The number of fused-ring (bicyclic) bond motifs is 4. The maximum absolute atomic E-state index is 13.0. The van der Waals surface area contributed by atoms with Crippen molar-refractivity contribution < 1.29 is 9.21 Å². The molecule has 0 bridgehead atoms. The fourth-order valence-corrected chi connectivity index (χ4v) is 4.77. The molecule has 2 aliphatic rings. The number of rotatable bonds is 4. The maximum Gasteiger partial charge on any atom is 0.289 e. The summed E-state index contributed by atoms with van der Waals surface area (Å²) in [7, 11) is 0. The number of amides is 1. The molecule has 1 amide bonds. The topological polar surface area (TPSA) is 54.5 Å². The second-order valence-electron chi connectivity index (χ2n) is 8.43. The highest BCUT2D eigenvalue weighted by atomic mass is 16.3. The van der Waals surface area contributed by atoms with E-state index < -0.39 is 0 Å². The van der Waals surface area contributed by atoms with Crippen LogP contribution >= 0.6 is 0 Å². The van der Waals surface area contributed by atoms with Crippen molar-refractivity contribution >= 4 is 11.6 Å². The molecule has 2 aliphatic heterocycles. The van der Waals surface area contributed by atoms with Gasteiger partial charge in [0, 0.05) is 25.5 Å². The number of likely N-dealkylation sites (tertiary alicyclic amines) is 1. The monoisotopic (exact) mass is 390 g/mol. The highest BCUT2D eigenvalue weighted by molar-refractivity contribution is 5.92. The lowest BCUT2D eigenvalue weighted by Gasteiger charge is -2.47. The Kier molecular flexibility index (Phi) is 4.23. The van der Waals surface area contributed by atoms with Gasteiger partial charge >= 0.3 is 0 Å². The zero-order valence-corrected chi connectivity index (χ0v) is 16.9. The van der Waals surface area contributed by atoms with Crippen LogP contribution in [0.3, 0.4) is 0 Å². The van der Waals surface area contributed by atoms with Crippen LogP contribution in [0, 0.1) is 5.92 Å². The minimum atomic E-state index is -0.253. The Morgan fingerprint density at radius 1 is 1.24 bits per heavy atom. The Labute approximate surface area is 170 Å². The second-order valence-corrected chi connectivity index (χ2v) is 8.43. The highest BCUT2D eigenvalue weighted by Gasteiger charge is 2.50. The summed E-state index contributed by atoms with van der Waals surface area (Å²) in [5.41, 5.74) is 2.10. The van der Waals surface area contributed by atoms with Crippen LogP contribution in [0.4, 0.5) is 5.69 Å². The van der Waals surface area contributed by atoms with Gasteiger partial charge in [-0.2, -0.15) is 0 Å². The van der Waals surface area contributed by atoms with Crippen molar-refractivity contribution in [3.05, 3.63) is 66.5 Å². The third-order valence-corrected chi connectivity index (χ3v) is 6.22. The molecule has 1 saturated heterocycles. The molecule has 6 nitrogen and oxygen atoms in total. The lowest BCUT2D eigenvalue weighted by atomic mass is 9.88. The lowest BCUT2D eigenvalue weighted by Crippen LogP contribution is -2.53. The van der Waals surface area contributed by atoms with E-state index in [1.165, 1.54) is 5.69 Å². The number of furan rings is 1. The van der Waals surface area contributed by atoms with Crippen molar-refractivity contribution in [1.29, 1.82) is 0 Å². The van der Waals surface area contributed by atoms with E-state index in [9.17, 15) is 4.79 Å². The van der Waals surface area contributed by atoms with Crippen LogP contribution in [0.15, 0.2) is 59.5 Å². The second kappa shape index (κ2) is 6.79. The molecule has 29 heavy (non-hydrogen) atoms. The largest absolute Gasteiger partial charge is 0.459 e. The maximum atomic E-state index is 13.0. The minimum Gasteiger partial charge on any atom is -0.459 e. The van der Waals surface area contributed by atoms with E-state index in [4.69, 9.17) is 4.42 Å². The number of carbonyl (C=O) groups is 1. The number of hydrogen-bond acceptors (Lipinski definition) is 4. The number of pyridine rings is 1. The molecule has 0 N–H and O–H groups in total. The van der Waals surface area contributed by atoms with Gasteiger partial charge in [-0.3, -0.25) is 4.79 Å². The Morgan fingerprint density at radius 2 is 2.14 bits per heavy atom. The molecule has 0 aliphatic carbocycles. The van der Waals surface area contributed by atoms with Crippen LogP contribution in [0.1, 0.15) is 42.9 Å². The summed E-state index contributed by atoms with van der Waals surface area (Å²) in [6.45, 7) is 6.79. The predicted molar refractivity (Wildman–Crippen MR) is 111 cm³/mol. The quantitative estimate of drug-likeness (QED) is 0.674. The summed E-state index contributed by atoms with van der Waals surface area (Å²) >= 11 is 0. The third-order valence-electron chi connectivity index (χ3n) is 6.22. The van der Waals surface area contributed by atoms with E-state index in [2.05, 4.69) is 52.7 Å². The van der Waals surface area contributed by atoms with Gasteiger partial charge in [0.05, 0.1) is 24.2 Å². The molecular weight excluding hydrogens is 364 g/mol. The van der Waals surface area contributed by atoms with E-state index in [0.29, 0.717) is 24.8 Å². The molecule has 0 aromatic carbocycles. The zero-order chi connectivity index (χ0) is 20.0. The molecule has 5 heterocycles. The van der Waals surface area contributed by atoms with E-state index in [1.54, 1.807) is 18.4 Å². The van der Waals surface area contributed by atoms with Gasteiger partial charge in [0.2, 0.25) is 0 Å². The van der Waals surface area contributed by atoms with E-state index in [0.717, 1.165) is 30.9 Å². The minimum absolute atomic E-state index is 0.0363. The molecule has 3 aromatic rings. The number of anilines is 1. The van der Waals surface area contributed by atoms with E-state index in [1.807, 2.05) is 17.2 Å². The van der Waals surface area contributed by atoms with Crippen molar-refractivity contribution in [1.82, 2.24) is 14.5 Å². The molecule has 0 unspecified atom stereocenters. The van der Waals surface area contributed by atoms with Crippen molar-refractivity contribution in [2.24, 2.45) is 5.92 Å². The van der Waals surface area contributed by atoms with E-state index >= 15 is 0 Å². The summed E-state index contributed by atoms with van der Waals surface area (Å²) in [4.78, 5) is 22.1.